The van der Waals surface area contributed by atoms with Gasteiger partial charge in [0.25, 0.3) is 0 Å². The van der Waals surface area contributed by atoms with E-state index in [1.54, 1.807) is 14.2 Å². The summed E-state index contributed by atoms with van der Waals surface area (Å²) in [6.07, 6.45) is 0. The van der Waals surface area contributed by atoms with E-state index in [4.69, 9.17) is 9.47 Å². The summed E-state index contributed by atoms with van der Waals surface area (Å²) in [5, 5.41) is 3.47. The fourth-order valence-corrected chi connectivity index (χ4v) is 2.64. The summed E-state index contributed by atoms with van der Waals surface area (Å²) >= 11 is 0. The molecule has 1 unspecified atom stereocenters. The molecule has 0 amide bonds. The minimum atomic E-state index is 0.481. The molecule has 1 aliphatic heterocycles. The molecular weight excluding hydrogens is 240 g/mol. The molecule has 1 aromatic carbocycles. The van der Waals surface area contributed by atoms with Gasteiger partial charge in [0.2, 0.25) is 0 Å². The average Bonchev–Trinajstić information content (AvgIpc) is 2.46. The van der Waals surface area contributed by atoms with Crippen molar-refractivity contribution in [1.29, 1.82) is 0 Å². The minimum absolute atomic E-state index is 0.481. The van der Waals surface area contributed by atoms with E-state index in [1.807, 2.05) is 12.1 Å². The third kappa shape index (κ3) is 2.95. The first-order chi connectivity index (χ1) is 9.17. The highest BCUT2D eigenvalue weighted by Gasteiger charge is 2.27. The SMILES string of the molecule is COc1ccc(OC)c(N2CCNCC2C(C)C)c1. The zero-order valence-electron chi connectivity index (χ0n) is 12.3. The van der Waals surface area contributed by atoms with E-state index in [0.29, 0.717) is 12.0 Å². The van der Waals surface area contributed by atoms with Crippen molar-refractivity contribution in [3.8, 4) is 11.5 Å². The fourth-order valence-electron chi connectivity index (χ4n) is 2.64. The Labute approximate surface area is 115 Å². The van der Waals surface area contributed by atoms with Crippen molar-refractivity contribution in [1.82, 2.24) is 5.32 Å². The predicted molar refractivity (Wildman–Crippen MR) is 78.4 cm³/mol. The Morgan fingerprint density at radius 1 is 1.26 bits per heavy atom. The summed E-state index contributed by atoms with van der Waals surface area (Å²) < 4.78 is 10.9. The van der Waals surface area contributed by atoms with Gasteiger partial charge in [-0.1, -0.05) is 13.8 Å². The molecule has 1 fully saturated rings. The average molecular weight is 264 g/mol. The molecule has 106 valence electrons. The van der Waals surface area contributed by atoms with Gasteiger partial charge in [0.15, 0.2) is 0 Å². The van der Waals surface area contributed by atoms with Gasteiger partial charge in [-0.15, -0.1) is 0 Å². The smallest absolute Gasteiger partial charge is 0.142 e. The number of nitrogens with zero attached hydrogens (tertiary/aromatic N) is 1. The molecular formula is C15H24N2O2. The molecule has 0 spiro atoms. The van der Waals surface area contributed by atoms with Crippen LogP contribution in [0.25, 0.3) is 0 Å². The highest BCUT2D eigenvalue weighted by Crippen LogP contribution is 2.35. The van der Waals surface area contributed by atoms with Crippen molar-refractivity contribution >= 4 is 5.69 Å². The number of ether oxygens (including phenoxy) is 2. The fraction of sp³-hybridized carbons (Fsp3) is 0.600. The Morgan fingerprint density at radius 2 is 2.05 bits per heavy atom. The molecule has 0 radical (unpaired) electrons. The zero-order valence-corrected chi connectivity index (χ0v) is 12.3. The topological polar surface area (TPSA) is 33.7 Å². The van der Waals surface area contributed by atoms with Crippen molar-refractivity contribution in [3.05, 3.63) is 18.2 Å². The van der Waals surface area contributed by atoms with Gasteiger partial charge in [0.1, 0.15) is 11.5 Å². The summed E-state index contributed by atoms with van der Waals surface area (Å²) in [7, 11) is 3.42. The van der Waals surface area contributed by atoms with Crippen LogP contribution in [0.1, 0.15) is 13.8 Å². The van der Waals surface area contributed by atoms with Crippen LogP contribution in [-0.4, -0.2) is 39.9 Å². The van der Waals surface area contributed by atoms with E-state index in [0.717, 1.165) is 36.8 Å². The second-order valence-electron chi connectivity index (χ2n) is 5.25. The lowest BCUT2D eigenvalue weighted by Gasteiger charge is -2.40. The van der Waals surface area contributed by atoms with E-state index in [2.05, 4.69) is 30.1 Å². The molecule has 4 nitrogen and oxygen atoms in total. The lowest BCUT2D eigenvalue weighted by molar-refractivity contribution is 0.374. The first-order valence-corrected chi connectivity index (χ1v) is 6.86. The number of methoxy groups -OCH3 is 2. The molecule has 1 saturated heterocycles. The molecule has 1 atom stereocenters. The highest BCUT2D eigenvalue weighted by molar-refractivity contribution is 5.62. The zero-order chi connectivity index (χ0) is 13.8. The summed E-state index contributed by atoms with van der Waals surface area (Å²) in [5.41, 5.74) is 1.13. The lowest BCUT2D eigenvalue weighted by atomic mass is 9.99. The number of anilines is 1. The maximum absolute atomic E-state index is 5.51. The summed E-state index contributed by atoms with van der Waals surface area (Å²) in [4.78, 5) is 2.43. The maximum Gasteiger partial charge on any atom is 0.142 e. The molecule has 0 aliphatic carbocycles. The summed E-state index contributed by atoms with van der Waals surface area (Å²) in [6, 6.07) is 6.47. The van der Waals surface area contributed by atoms with E-state index < -0.39 is 0 Å². The monoisotopic (exact) mass is 264 g/mol. The second kappa shape index (κ2) is 6.15. The largest absolute Gasteiger partial charge is 0.497 e. The first kappa shape index (κ1) is 14.0. The quantitative estimate of drug-likeness (QED) is 0.903. The molecule has 1 N–H and O–H groups in total. The normalized spacial score (nSPS) is 19.6. The maximum atomic E-state index is 5.51. The molecule has 1 aromatic rings. The number of rotatable bonds is 4. The molecule has 4 heteroatoms. The van der Waals surface area contributed by atoms with Gasteiger partial charge in [0.05, 0.1) is 19.9 Å². The van der Waals surface area contributed by atoms with Gasteiger partial charge in [-0.3, -0.25) is 0 Å². The van der Waals surface area contributed by atoms with E-state index >= 15 is 0 Å². The molecule has 2 rings (SSSR count). The van der Waals surface area contributed by atoms with Gasteiger partial charge < -0.3 is 19.7 Å². The van der Waals surface area contributed by atoms with Gasteiger partial charge in [-0.25, -0.2) is 0 Å². The van der Waals surface area contributed by atoms with Crippen LogP contribution < -0.4 is 19.7 Å². The van der Waals surface area contributed by atoms with Crippen LogP contribution in [-0.2, 0) is 0 Å². The number of benzene rings is 1. The van der Waals surface area contributed by atoms with Crippen molar-refractivity contribution in [2.45, 2.75) is 19.9 Å². The van der Waals surface area contributed by atoms with Crippen molar-refractivity contribution in [2.24, 2.45) is 5.92 Å². The van der Waals surface area contributed by atoms with Gasteiger partial charge in [0, 0.05) is 31.7 Å². The minimum Gasteiger partial charge on any atom is -0.497 e. The lowest BCUT2D eigenvalue weighted by Crippen LogP contribution is -2.53. The number of nitrogens with one attached hydrogen (secondary N) is 1. The van der Waals surface area contributed by atoms with E-state index in [-0.39, 0.29) is 0 Å². The third-order valence-electron chi connectivity index (χ3n) is 3.75. The van der Waals surface area contributed by atoms with Crippen molar-refractivity contribution < 1.29 is 9.47 Å². The Bertz CT molecular complexity index is 421. The number of hydrogen-bond donors (Lipinski definition) is 1. The van der Waals surface area contributed by atoms with Crippen LogP contribution in [0.3, 0.4) is 0 Å². The highest BCUT2D eigenvalue weighted by atomic mass is 16.5. The Morgan fingerprint density at radius 3 is 2.68 bits per heavy atom. The van der Waals surface area contributed by atoms with Gasteiger partial charge in [-0.05, 0) is 18.1 Å². The van der Waals surface area contributed by atoms with Crippen molar-refractivity contribution in [3.63, 3.8) is 0 Å². The van der Waals surface area contributed by atoms with Gasteiger partial charge >= 0.3 is 0 Å². The number of hydrogen-bond acceptors (Lipinski definition) is 4. The van der Waals surface area contributed by atoms with Gasteiger partial charge in [-0.2, -0.15) is 0 Å². The second-order valence-corrected chi connectivity index (χ2v) is 5.25. The first-order valence-electron chi connectivity index (χ1n) is 6.86. The molecule has 1 heterocycles. The van der Waals surface area contributed by atoms with Crippen LogP contribution in [0.4, 0.5) is 5.69 Å². The molecule has 0 saturated carbocycles. The predicted octanol–water partition coefficient (Wildman–Crippen LogP) is 2.14. The van der Waals surface area contributed by atoms with Crippen LogP contribution >= 0.6 is 0 Å². The van der Waals surface area contributed by atoms with E-state index in [1.165, 1.54) is 0 Å². The Balaban J connectivity index is 2.36. The Hall–Kier alpha value is -1.42. The molecule has 0 bridgehead atoms. The third-order valence-corrected chi connectivity index (χ3v) is 3.75. The van der Waals surface area contributed by atoms with Crippen molar-refractivity contribution in [2.75, 3.05) is 38.8 Å². The van der Waals surface area contributed by atoms with E-state index in [9.17, 15) is 0 Å². The van der Waals surface area contributed by atoms with Crippen LogP contribution in [0.2, 0.25) is 0 Å². The summed E-state index contributed by atoms with van der Waals surface area (Å²) in [5.74, 6) is 2.37. The molecule has 19 heavy (non-hydrogen) atoms. The standard InChI is InChI=1S/C15H24N2O2/c1-11(2)14-10-16-7-8-17(14)13-9-12(18-3)5-6-15(13)19-4/h5-6,9,11,14,16H,7-8,10H2,1-4H3. The molecule has 1 aliphatic rings. The Kier molecular flexibility index (Phi) is 4.53. The van der Waals surface area contributed by atoms with Crippen LogP contribution in [0, 0.1) is 5.92 Å². The summed E-state index contributed by atoms with van der Waals surface area (Å²) in [6.45, 7) is 7.53. The molecule has 0 aromatic heterocycles. The number of piperazine rings is 1. The van der Waals surface area contributed by atoms with Crippen LogP contribution in [0.15, 0.2) is 18.2 Å². The van der Waals surface area contributed by atoms with Crippen LogP contribution in [0.5, 0.6) is 11.5 Å².